The molecule has 1 saturated heterocycles. The van der Waals surface area contributed by atoms with E-state index in [9.17, 15) is 35.9 Å². The third-order valence-corrected chi connectivity index (χ3v) is 11.8. The van der Waals surface area contributed by atoms with Crippen LogP contribution in [-0.4, -0.2) is 35.7 Å². The molecule has 2 N–H and O–H groups in total. The fourth-order valence-corrected chi connectivity index (χ4v) is 9.61. The van der Waals surface area contributed by atoms with E-state index in [0.717, 1.165) is 25.7 Å². The highest BCUT2D eigenvalue weighted by atomic mass is 19.4. The van der Waals surface area contributed by atoms with Crippen LogP contribution in [0.4, 0.5) is 32.0 Å². The number of alkyl halides is 6. The van der Waals surface area contributed by atoms with Crippen LogP contribution in [0, 0.1) is 34.5 Å². The molecule has 218 valence electrons. The first-order valence-electron chi connectivity index (χ1n) is 13.9. The van der Waals surface area contributed by atoms with Gasteiger partial charge in [-0.3, -0.25) is 4.79 Å². The summed E-state index contributed by atoms with van der Waals surface area (Å²) in [4.78, 5) is 26.4. The molecule has 4 fully saturated rings. The highest BCUT2D eigenvalue weighted by Gasteiger charge is 2.75. The summed E-state index contributed by atoms with van der Waals surface area (Å²) < 4.78 is 81.2. The molecule has 3 aliphatic carbocycles. The monoisotopic (exact) mass is 570 g/mol. The van der Waals surface area contributed by atoms with Gasteiger partial charge >= 0.3 is 18.3 Å². The Balaban J connectivity index is 1.27. The number of rotatable bonds is 2. The van der Waals surface area contributed by atoms with E-state index in [1.807, 2.05) is 14.0 Å². The second-order valence-electron chi connectivity index (χ2n) is 13.2. The second kappa shape index (κ2) is 8.33. The summed E-state index contributed by atoms with van der Waals surface area (Å²) in [5, 5.41) is 5.89. The van der Waals surface area contributed by atoms with E-state index in [-0.39, 0.29) is 34.7 Å². The van der Waals surface area contributed by atoms with Gasteiger partial charge in [-0.25, -0.2) is 14.6 Å². The average molecular weight is 571 g/mol. The van der Waals surface area contributed by atoms with Gasteiger partial charge in [0.05, 0.1) is 29.3 Å². The van der Waals surface area contributed by atoms with Crippen LogP contribution in [0.5, 0.6) is 0 Å². The second-order valence-corrected chi connectivity index (χ2v) is 13.2. The zero-order valence-electron chi connectivity index (χ0n) is 22.7. The molecule has 5 nitrogen and oxygen atoms in total. The Labute approximate surface area is 228 Å². The first kappa shape index (κ1) is 27.8. The van der Waals surface area contributed by atoms with Crippen LogP contribution >= 0.6 is 0 Å². The number of likely N-dealkylation sites (N-methyl/N-ethyl adjacent to an activating group) is 1. The van der Waals surface area contributed by atoms with E-state index < -0.39 is 46.4 Å². The van der Waals surface area contributed by atoms with Crippen molar-refractivity contribution in [3.8, 4) is 0 Å². The normalized spacial score (nSPS) is 42.3. The minimum atomic E-state index is -4.92. The van der Waals surface area contributed by atoms with Gasteiger partial charge in [0.25, 0.3) is 0 Å². The number of benzene rings is 1. The summed E-state index contributed by atoms with van der Waals surface area (Å²) in [6.07, 6.45) is -1.60. The van der Waals surface area contributed by atoms with Crippen LogP contribution in [0.15, 0.2) is 30.4 Å². The lowest BCUT2D eigenvalue weighted by atomic mass is 9.45. The predicted molar refractivity (Wildman–Crippen MR) is 134 cm³/mol. The maximum absolute atomic E-state index is 13.7. The number of hydrogen-bond acceptors (Lipinski definition) is 3. The lowest BCUT2D eigenvalue weighted by Gasteiger charge is -2.71. The average Bonchev–Trinajstić information content (AvgIpc) is 3.22. The van der Waals surface area contributed by atoms with Crippen molar-refractivity contribution in [2.24, 2.45) is 34.5 Å². The lowest BCUT2D eigenvalue weighted by Crippen LogP contribution is -2.91. The van der Waals surface area contributed by atoms with Crippen LogP contribution in [0.3, 0.4) is 0 Å². The Morgan fingerprint density at radius 3 is 2.35 bits per heavy atom. The van der Waals surface area contributed by atoms with Gasteiger partial charge < -0.3 is 5.32 Å². The van der Waals surface area contributed by atoms with Crippen molar-refractivity contribution in [2.75, 3.05) is 19.0 Å². The van der Waals surface area contributed by atoms with Crippen molar-refractivity contribution >= 4 is 17.5 Å². The Morgan fingerprint density at radius 1 is 1.00 bits per heavy atom. The van der Waals surface area contributed by atoms with Crippen molar-refractivity contribution in [3.63, 3.8) is 0 Å². The zero-order chi connectivity index (χ0) is 29.1. The molecule has 0 aromatic heterocycles. The molecule has 1 aromatic rings. The van der Waals surface area contributed by atoms with Crippen LogP contribution in [-0.2, 0) is 21.9 Å². The molecule has 2 amide bonds. The Morgan fingerprint density at radius 2 is 1.73 bits per heavy atom. The molecule has 8 atom stereocenters. The van der Waals surface area contributed by atoms with E-state index >= 15 is 0 Å². The molecule has 0 bridgehead atoms. The zero-order valence-corrected chi connectivity index (χ0v) is 22.7. The molecule has 5 aliphatic rings. The van der Waals surface area contributed by atoms with Crippen molar-refractivity contribution in [1.82, 2.24) is 5.32 Å². The Hall–Kier alpha value is -2.40. The van der Waals surface area contributed by atoms with E-state index in [1.165, 1.54) is 0 Å². The molecular weight excluding hydrogens is 536 g/mol. The van der Waals surface area contributed by atoms with E-state index in [2.05, 4.69) is 23.6 Å². The van der Waals surface area contributed by atoms with Crippen molar-refractivity contribution in [2.45, 2.75) is 70.4 Å². The summed E-state index contributed by atoms with van der Waals surface area (Å²) in [5.74, 6) is -0.453. The topological polar surface area (TPSA) is 58.2 Å². The third-order valence-electron chi connectivity index (χ3n) is 11.8. The number of nitrogens with one attached hydrogen (secondary N) is 2. The van der Waals surface area contributed by atoms with E-state index in [4.69, 9.17) is 0 Å². The molecule has 2 aliphatic heterocycles. The van der Waals surface area contributed by atoms with E-state index in [1.54, 1.807) is 6.08 Å². The van der Waals surface area contributed by atoms with Gasteiger partial charge in [-0.15, -0.1) is 0 Å². The number of carbonyl (C=O) groups is 2. The minimum Gasteiger partial charge on any atom is -0.325 e. The number of halogens is 6. The molecule has 1 spiro atoms. The Bertz CT molecular complexity index is 1310. The molecule has 11 heteroatoms. The SMILES string of the molecule is CC12CCC3C(CCC45NC[N+]4(C)C(=O)C=CC35C)C1CCC2C(=O)Nc1cc(C(F)(F)F)ccc1C(F)(F)F. The molecule has 40 heavy (non-hydrogen) atoms. The standard InChI is InChI=1S/C29H33F6N3O2/c1-25-11-9-19-17(8-13-27-26(19,2)12-10-23(39)38(27,3)15-36-27)18(25)6-7-21(25)24(40)37-22-14-16(28(30,31)32)4-5-20(22)29(33,34)35/h4-5,10,12,14,17-19,21,36H,6-9,11,13,15H2,1-3H3/p+1. The summed E-state index contributed by atoms with van der Waals surface area (Å²) in [5.41, 5.74) is -4.50. The number of amides is 2. The largest absolute Gasteiger partial charge is 0.418 e. The van der Waals surface area contributed by atoms with Crippen LogP contribution in [0.25, 0.3) is 0 Å². The predicted octanol–water partition coefficient (Wildman–Crippen LogP) is 6.32. The van der Waals surface area contributed by atoms with Crippen LogP contribution in [0.1, 0.15) is 63.5 Å². The molecule has 1 aromatic carbocycles. The number of quaternary nitrogens is 1. The third kappa shape index (κ3) is 3.48. The molecule has 0 radical (unpaired) electrons. The fourth-order valence-electron chi connectivity index (χ4n) is 9.61. The molecule has 6 rings (SSSR count). The maximum Gasteiger partial charge on any atom is 0.418 e. The highest BCUT2D eigenvalue weighted by molar-refractivity contribution is 5.94. The molecule has 8 unspecified atom stereocenters. The highest BCUT2D eigenvalue weighted by Crippen LogP contribution is 2.69. The summed E-state index contributed by atoms with van der Waals surface area (Å²) in [6, 6.07) is 1.15. The smallest absolute Gasteiger partial charge is 0.325 e. The van der Waals surface area contributed by atoms with Crippen molar-refractivity contribution < 1.29 is 40.4 Å². The fraction of sp³-hybridized carbons (Fsp3) is 0.655. The van der Waals surface area contributed by atoms with Gasteiger partial charge in [-0.2, -0.15) is 26.3 Å². The lowest BCUT2D eigenvalue weighted by molar-refractivity contribution is -0.956. The Kier molecular flexibility index (Phi) is 5.78. The van der Waals surface area contributed by atoms with Gasteiger partial charge in [-0.1, -0.05) is 13.0 Å². The number of carbonyl (C=O) groups excluding carboxylic acids is 2. The quantitative estimate of drug-likeness (QED) is 0.323. The minimum absolute atomic E-state index is 0.0979. The number of anilines is 1. The van der Waals surface area contributed by atoms with Gasteiger partial charge in [0.15, 0.2) is 5.66 Å². The molecule has 2 heterocycles. The van der Waals surface area contributed by atoms with Crippen molar-refractivity contribution in [3.05, 3.63) is 41.5 Å². The summed E-state index contributed by atoms with van der Waals surface area (Å²) in [6.45, 7) is 4.84. The van der Waals surface area contributed by atoms with Gasteiger partial charge in [0.1, 0.15) is 6.67 Å². The first-order valence-corrected chi connectivity index (χ1v) is 13.9. The van der Waals surface area contributed by atoms with Gasteiger partial charge in [0, 0.05) is 18.4 Å². The molecular formula is C29H34F6N3O2+. The van der Waals surface area contributed by atoms with Crippen molar-refractivity contribution in [1.29, 1.82) is 0 Å². The van der Waals surface area contributed by atoms with Crippen LogP contribution < -0.4 is 10.6 Å². The summed E-state index contributed by atoms with van der Waals surface area (Å²) in [7, 11) is 1.99. The first-order chi connectivity index (χ1) is 18.5. The molecule has 3 saturated carbocycles. The maximum atomic E-state index is 13.7. The van der Waals surface area contributed by atoms with E-state index in [0.29, 0.717) is 42.2 Å². The van der Waals surface area contributed by atoms with Gasteiger partial charge in [0.2, 0.25) is 5.91 Å². The number of hydrogen-bond donors (Lipinski definition) is 2. The summed E-state index contributed by atoms with van der Waals surface area (Å²) >= 11 is 0. The number of fused-ring (bicyclic) bond motifs is 4. The van der Waals surface area contributed by atoms with Gasteiger partial charge in [-0.05, 0) is 80.4 Å². The van der Waals surface area contributed by atoms with Crippen LogP contribution in [0.2, 0.25) is 0 Å². The number of nitrogens with zero attached hydrogens (tertiary/aromatic N) is 1.